The molecule has 3 rings (SSSR count). The van der Waals surface area contributed by atoms with Crippen molar-refractivity contribution in [2.45, 2.75) is 20.3 Å². The van der Waals surface area contributed by atoms with Crippen LogP contribution in [0.2, 0.25) is 0 Å². The van der Waals surface area contributed by atoms with Crippen molar-refractivity contribution in [3.8, 4) is 11.5 Å². The van der Waals surface area contributed by atoms with Gasteiger partial charge in [0.25, 0.3) is 5.91 Å². The molecule has 0 saturated carbocycles. The van der Waals surface area contributed by atoms with E-state index in [1.54, 1.807) is 36.2 Å². The lowest BCUT2D eigenvalue weighted by Crippen LogP contribution is -2.23. The lowest BCUT2D eigenvalue weighted by atomic mass is 10.1. The number of aliphatic imine (C=N–C) groups is 1. The number of carbonyl (C=O) groups excluding carboxylic acids is 1. The maximum Gasteiger partial charge on any atom is 0.266 e. The van der Waals surface area contributed by atoms with Gasteiger partial charge in [0.2, 0.25) is 0 Å². The summed E-state index contributed by atoms with van der Waals surface area (Å²) in [6, 6.07) is 13.0. The molecule has 0 aliphatic carbocycles. The van der Waals surface area contributed by atoms with Crippen molar-refractivity contribution in [1.29, 1.82) is 0 Å². The average Bonchev–Trinajstić information content (AvgIpc) is 2.93. The number of aromatic hydroxyl groups is 1. The maximum atomic E-state index is 12.6. The van der Waals surface area contributed by atoms with Crippen molar-refractivity contribution in [2.24, 2.45) is 4.99 Å². The lowest BCUT2D eigenvalue weighted by Gasteiger charge is -2.09. The summed E-state index contributed by atoms with van der Waals surface area (Å²) in [5.74, 6) is 0.389. The third kappa shape index (κ3) is 4.17. The van der Waals surface area contributed by atoms with E-state index < -0.39 is 0 Å². The molecule has 1 N–H and O–H groups in total. The summed E-state index contributed by atoms with van der Waals surface area (Å²) in [7, 11) is 1.73. The van der Waals surface area contributed by atoms with Gasteiger partial charge in [0.05, 0.1) is 17.2 Å². The Morgan fingerprint density at radius 1 is 1.22 bits per heavy atom. The monoisotopic (exact) mass is 382 g/mol. The Bertz CT molecular complexity index is 921. The third-order valence-corrected chi connectivity index (χ3v) is 5.23. The Hall–Kier alpha value is -2.73. The summed E-state index contributed by atoms with van der Waals surface area (Å²) in [6.45, 7) is 4.40. The van der Waals surface area contributed by atoms with Crippen molar-refractivity contribution in [2.75, 3.05) is 13.7 Å². The third-order valence-electron chi connectivity index (χ3n) is 4.17. The van der Waals surface area contributed by atoms with Gasteiger partial charge in [0.15, 0.2) is 16.7 Å². The van der Waals surface area contributed by atoms with Gasteiger partial charge >= 0.3 is 0 Å². The Labute approximate surface area is 163 Å². The van der Waals surface area contributed by atoms with Crippen molar-refractivity contribution in [1.82, 2.24) is 4.90 Å². The highest BCUT2D eigenvalue weighted by Gasteiger charge is 2.30. The fourth-order valence-electron chi connectivity index (χ4n) is 2.72. The second kappa shape index (κ2) is 8.31. The van der Waals surface area contributed by atoms with Crippen LogP contribution in [0, 0.1) is 0 Å². The fraction of sp³-hybridized carbons (Fsp3) is 0.238. The van der Waals surface area contributed by atoms with Crippen LogP contribution < -0.4 is 4.74 Å². The first-order valence-electron chi connectivity index (χ1n) is 8.83. The molecule has 0 aromatic heterocycles. The number of amidine groups is 1. The maximum absolute atomic E-state index is 12.6. The standard InChI is InChI=1S/C21H22N2O3S/c1-4-15-8-6-7-9-16(15)22-21-23(3)20(25)19(27-21)13-14-10-11-17(24)18(12-14)26-5-2/h6-13,24H,4-5H2,1-3H3/b19-13-,22-21?. The number of thioether (sulfide) groups is 1. The predicted molar refractivity (Wildman–Crippen MR) is 111 cm³/mol. The Morgan fingerprint density at radius 2 is 2.00 bits per heavy atom. The van der Waals surface area contributed by atoms with Gasteiger partial charge in [-0.25, -0.2) is 4.99 Å². The van der Waals surface area contributed by atoms with Crippen molar-refractivity contribution >= 4 is 34.6 Å². The molecule has 0 spiro atoms. The number of carbonyl (C=O) groups is 1. The zero-order valence-corrected chi connectivity index (χ0v) is 16.4. The smallest absolute Gasteiger partial charge is 0.266 e. The van der Waals surface area contributed by atoms with E-state index in [4.69, 9.17) is 9.73 Å². The van der Waals surface area contributed by atoms with E-state index in [9.17, 15) is 9.90 Å². The summed E-state index contributed by atoms with van der Waals surface area (Å²) in [5, 5.41) is 10.5. The molecule has 140 valence electrons. The molecule has 1 aliphatic rings. The summed E-state index contributed by atoms with van der Waals surface area (Å²) < 4.78 is 5.41. The Balaban J connectivity index is 1.91. The first kappa shape index (κ1) is 19.0. The van der Waals surface area contributed by atoms with Crippen molar-refractivity contribution in [3.05, 3.63) is 58.5 Å². The second-order valence-electron chi connectivity index (χ2n) is 6.01. The molecule has 6 heteroatoms. The molecule has 1 amide bonds. The number of ether oxygens (including phenoxy) is 1. The molecular formula is C21H22N2O3S. The molecule has 1 fully saturated rings. The van der Waals surface area contributed by atoms with Gasteiger partial charge in [-0.15, -0.1) is 0 Å². The highest BCUT2D eigenvalue weighted by atomic mass is 32.2. The van der Waals surface area contributed by atoms with Crippen LogP contribution in [-0.4, -0.2) is 34.7 Å². The van der Waals surface area contributed by atoms with Crippen LogP contribution in [0.1, 0.15) is 25.0 Å². The zero-order valence-electron chi connectivity index (χ0n) is 15.6. The highest BCUT2D eigenvalue weighted by Crippen LogP contribution is 2.35. The Morgan fingerprint density at radius 3 is 2.74 bits per heavy atom. The number of rotatable bonds is 5. The zero-order chi connectivity index (χ0) is 19.4. The number of phenols is 1. The molecule has 1 aliphatic heterocycles. The van der Waals surface area contributed by atoms with E-state index in [0.717, 1.165) is 23.2 Å². The minimum atomic E-state index is -0.0984. The number of likely N-dealkylation sites (N-methyl/N-ethyl adjacent to an activating group) is 1. The average molecular weight is 382 g/mol. The van der Waals surface area contributed by atoms with E-state index in [2.05, 4.69) is 6.92 Å². The van der Waals surface area contributed by atoms with E-state index in [0.29, 0.717) is 22.4 Å². The summed E-state index contributed by atoms with van der Waals surface area (Å²) >= 11 is 1.34. The van der Waals surface area contributed by atoms with Gasteiger partial charge < -0.3 is 9.84 Å². The highest BCUT2D eigenvalue weighted by molar-refractivity contribution is 8.18. The quantitative estimate of drug-likeness (QED) is 0.769. The van der Waals surface area contributed by atoms with Gasteiger partial charge in [-0.1, -0.05) is 31.2 Å². The molecule has 1 saturated heterocycles. The van der Waals surface area contributed by atoms with E-state index >= 15 is 0 Å². The molecule has 27 heavy (non-hydrogen) atoms. The number of aryl methyl sites for hydroxylation is 1. The summed E-state index contributed by atoms with van der Waals surface area (Å²) in [6.07, 6.45) is 2.67. The van der Waals surface area contributed by atoms with Gasteiger partial charge in [-0.2, -0.15) is 0 Å². The molecule has 2 aromatic carbocycles. The number of hydrogen-bond acceptors (Lipinski definition) is 5. The first-order chi connectivity index (χ1) is 13.0. The minimum Gasteiger partial charge on any atom is -0.504 e. The largest absolute Gasteiger partial charge is 0.504 e. The van der Waals surface area contributed by atoms with Crippen molar-refractivity contribution < 1.29 is 14.6 Å². The van der Waals surface area contributed by atoms with Gasteiger partial charge in [0.1, 0.15) is 0 Å². The molecule has 1 heterocycles. The van der Waals surface area contributed by atoms with Crippen LogP contribution in [0.3, 0.4) is 0 Å². The van der Waals surface area contributed by atoms with E-state index in [1.807, 2.05) is 31.2 Å². The number of para-hydroxylation sites is 1. The van der Waals surface area contributed by atoms with Gasteiger partial charge in [-0.05, 0) is 60.5 Å². The van der Waals surface area contributed by atoms with E-state index in [-0.39, 0.29) is 11.7 Å². The van der Waals surface area contributed by atoms with Gasteiger partial charge in [-0.3, -0.25) is 9.69 Å². The van der Waals surface area contributed by atoms with Crippen LogP contribution in [0.4, 0.5) is 5.69 Å². The number of phenolic OH excluding ortho intramolecular Hbond substituents is 1. The van der Waals surface area contributed by atoms with Crippen LogP contribution in [0.15, 0.2) is 52.4 Å². The molecule has 0 radical (unpaired) electrons. The second-order valence-corrected chi connectivity index (χ2v) is 7.02. The molecule has 0 atom stereocenters. The predicted octanol–water partition coefficient (Wildman–Crippen LogP) is 4.59. The molecule has 5 nitrogen and oxygen atoms in total. The first-order valence-corrected chi connectivity index (χ1v) is 9.65. The van der Waals surface area contributed by atoms with Crippen LogP contribution >= 0.6 is 11.8 Å². The lowest BCUT2D eigenvalue weighted by molar-refractivity contribution is -0.121. The van der Waals surface area contributed by atoms with E-state index in [1.165, 1.54) is 11.8 Å². The number of nitrogens with zero attached hydrogens (tertiary/aromatic N) is 2. The topological polar surface area (TPSA) is 62.1 Å². The SMILES string of the molecule is CCOc1cc(/C=C2\SC(=Nc3ccccc3CC)N(C)C2=O)ccc1O. The van der Waals surface area contributed by atoms with Crippen LogP contribution in [0.25, 0.3) is 6.08 Å². The summed E-state index contributed by atoms with van der Waals surface area (Å²) in [4.78, 5) is 19.5. The number of benzene rings is 2. The van der Waals surface area contributed by atoms with Crippen molar-refractivity contribution in [3.63, 3.8) is 0 Å². The minimum absolute atomic E-state index is 0.0833. The number of amides is 1. The summed E-state index contributed by atoms with van der Waals surface area (Å²) in [5.41, 5.74) is 2.81. The van der Waals surface area contributed by atoms with Crippen LogP contribution in [-0.2, 0) is 11.2 Å². The molecule has 0 unspecified atom stereocenters. The molecule has 2 aromatic rings. The Kier molecular flexibility index (Phi) is 5.86. The normalized spacial score (nSPS) is 17.1. The molecular weight excluding hydrogens is 360 g/mol. The van der Waals surface area contributed by atoms with Crippen LogP contribution in [0.5, 0.6) is 11.5 Å². The number of hydrogen-bond donors (Lipinski definition) is 1. The fourth-order valence-corrected chi connectivity index (χ4v) is 3.70. The molecule has 0 bridgehead atoms. The van der Waals surface area contributed by atoms with Gasteiger partial charge in [0, 0.05) is 7.05 Å².